The molecule has 0 bridgehead atoms. The second-order valence-corrected chi connectivity index (χ2v) is 10.3. The minimum Gasteiger partial charge on any atom is -0.302 e. The molecule has 3 aromatic rings. The van der Waals surface area contributed by atoms with Crippen molar-refractivity contribution in [1.29, 1.82) is 0 Å². The first kappa shape index (κ1) is 23.6. The van der Waals surface area contributed by atoms with E-state index in [1.54, 1.807) is 24.4 Å². The van der Waals surface area contributed by atoms with Crippen LogP contribution in [0.5, 0.6) is 0 Å². The molecule has 1 N–H and O–H groups in total. The van der Waals surface area contributed by atoms with E-state index in [2.05, 4.69) is 10.3 Å². The van der Waals surface area contributed by atoms with Crippen LogP contribution < -0.4 is 5.32 Å². The quantitative estimate of drug-likeness (QED) is 0.319. The molecule has 1 aliphatic heterocycles. The lowest BCUT2D eigenvalue weighted by atomic mass is 10.1. The maximum Gasteiger partial charge on any atom is 0.266 e. The molecule has 2 heterocycles. The highest BCUT2D eigenvalue weighted by atomic mass is 35.5. The number of anilines is 1. The van der Waals surface area contributed by atoms with Crippen molar-refractivity contribution in [3.8, 4) is 0 Å². The van der Waals surface area contributed by atoms with Gasteiger partial charge in [-0.05, 0) is 23.8 Å². The summed E-state index contributed by atoms with van der Waals surface area (Å²) in [6.45, 7) is 0.128. The number of thiocarbonyl (C=S) groups is 1. The van der Waals surface area contributed by atoms with Crippen LogP contribution in [0.15, 0.2) is 59.6 Å². The third-order valence-corrected chi connectivity index (χ3v) is 7.41. The molecule has 0 atom stereocenters. The van der Waals surface area contributed by atoms with Crippen molar-refractivity contribution in [2.75, 3.05) is 11.9 Å². The molecule has 0 unspecified atom stereocenters. The van der Waals surface area contributed by atoms with E-state index < -0.39 is 5.82 Å². The summed E-state index contributed by atoms with van der Waals surface area (Å²) in [6, 6.07) is 13.8. The first-order valence-electron chi connectivity index (χ1n) is 9.88. The second-order valence-electron chi connectivity index (χ2n) is 7.05. The zero-order valence-corrected chi connectivity index (χ0v) is 20.3. The number of hydrogen-bond donors (Lipinski definition) is 1. The van der Waals surface area contributed by atoms with E-state index in [4.69, 9.17) is 23.8 Å². The molecule has 168 valence electrons. The van der Waals surface area contributed by atoms with Crippen molar-refractivity contribution in [1.82, 2.24) is 9.88 Å². The number of nitrogens with one attached hydrogen (secondary N) is 1. The molecule has 33 heavy (non-hydrogen) atoms. The predicted molar refractivity (Wildman–Crippen MR) is 136 cm³/mol. The summed E-state index contributed by atoms with van der Waals surface area (Å²) in [5.74, 6) is -1.03. The van der Waals surface area contributed by atoms with Gasteiger partial charge in [0, 0.05) is 41.0 Å². The first-order chi connectivity index (χ1) is 15.9. The Bertz CT molecular complexity index is 1260. The van der Waals surface area contributed by atoms with Gasteiger partial charge in [0.05, 0.1) is 4.91 Å². The molecule has 2 aromatic carbocycles. The number of carbonyl (C=O) groups is 2. The zero-order chi connectivity index (χ0) is 23.4. The summed E-state index contributed by atoms with van der Waals surface area (Å²) in [6.07, 6.45) is 3.86. The highest BCUT2D eigenvalue weighted by Crippen LogP contribution is 2.33. The van der Waals surface area contributed by atoms with E-state index in [9.17, 15) is 14.0 Å². The van der Waals surface area contributed by atoms with Crippen LogP contribution in [0.4, 0.5) is 9.52 Å². The summed E-state index contributed by atoms with van der Waals surface area (Å²) in [7, 11) is 0. The van der Waals surface area contributed by atoms with E-state index in [-0.39, 0.29) is 24.8 Å². The third-order valence-electron chi connectivity index (χ3n) is 4.75. The Morgan fingerprint density at radius 3 is 2.76 bits per heavy atom. The van der Waals surface area contributed by atoms with Gasteiger partial charge < -0.3 is 5.32 Å². The number of nitrogens with zero attached hydrogens (tertiary/aromatic N) is 2. The number of thioether (sulfide) groups is 1. The van der Waals surface area contributed by atoms with E-state index >= 15 is 0 Å². The number of hydrogen-bond acceptors (Lipinski definition) is 6. The normalized spacial score (nSPS) is 14.8. The molecule has 0 saturated carbocycles. The van der Waals surface area contributed by atoms with Crippen molar-refractivity contribution < 1.29 is 14.0 Å². The molecule has 5 nitrogen and oxygen atoms in total. The van der Waals surface area contributed by atoms with Gasteiger partial charge >= 0.3 is 0 Å². The van der Waals surface area contributed by atoms with Crippen molar-refractivity contribution in [3.63, 3.8) is 0 Å². The molecular weight excluding hydrogens is 501 g/mol. The maximum absolute atomic E-state index is 13.9. The van der Waals surface area contributed by atoms with Gasteiger partial charge in [-0.2, -0.15) is 0 Å². The number of aromatic nitrogens is 1. The monoisotopic (exact) mass is 517 g/mol. The number of thiazole rings is 1. The highest BCUT2D eigenvalue weighted by molar-refractivity contribution is 8.26. The van der Waals surface area contributed by atoms with Gasteiger partial charge in [0.1, 0.15) is 10.1 Å². The van der Waals surface area contributed by atoms with Gasteiger partial charge in [-0.3, -0.25) is 14.5 Å². The Labute approximate surface area is 208 Å². The molecule has 1 aromatic heterocycles. The third kappa shape index (κ3) is 5.86. The van der Waals surface area contributed by atoms with Crippen LogP contribution in [0.3, 0.4) is 0 Å². The summed E-state index contributed by atoms with van der Waals surface area (Å²) in [4.78, 5) is 32.0. The fourth-order valence-corrected chi connectivity index (χ4v) is 5.45. The largest absolute Gasteiger partial charge is 0.302 e. The smallest absolute Gasteiger partial charge is 0.266 e. The molecule has 0 radical (unpaired) electrons. The van der Waals surface area contributed by atoms with Crippen LogP contribution in [0, 0.1) is 5.82 Å². The summed E-state index contributed by atoms with van der Waals surface area (Å²) >= 11 is 14.0. The topological polar surface area (TPSA) is 62.3 Å². The first-order valence-corrected chi connectivity index (χ1v) is 12.3. The standard InChI is InChI=1S/C23H17ClFN3O2S3/c24-17-7-3-1-5-14(17)11-16-13-26-22(32-16)27-20(29)9-10-28-21(30)19(33-23(28)31)12-15-6-2-4-8-18(15)25/h1-8,12-13H,9-11H2,(H,26,27,29)/b19-12+. The summed E-state index contributed by atoms with van der Waals surface area (Å²) < 4.78 is 14.2. The predicted octanol–water partition coefficient (Wildman–Crippen LogP) is 5.76. The molecule has 0 spiro atoms. The van der Waals surface area contributed by atoms with Gasteiger partial charge in [0.15, 0.2) is 5.13 Å². The van der Waals surface area contributed by atoms with E-state index in [0.29, 0.717) is 31.4 Å². The second kappa shape index (κ2) is 10.6. The molecule has 0 aliphatic carbocycles. The Hall–Kier alpha value is -2.59. The summed E-state index contributed by atoms with van der Waals surface area (Å²) in [5.41, 5.74) is 1.30. The van der Waals surface area contributed by atoms with Crippen molar-refractivity contribution in [2.24, 2.45) is 0 Å². The Balaban J connectivity index is 1.32. The molecule has 2 amide bonds. The molecule has 4 rings (SSSR count). The van der Waals surface area contributed by atoms with Crippen molar-refractivity contribution in [2.45, 2.75) is 12.8 Å². The SMILES string of the molecule is O=C(CCN1C(=O)/C(=C\c2ccccc2F)SC1=S)Nc1ncc(Cc2ccccc2Cl)s1. The van der Waals surface area contributed by atoms with Gasteiger partial charge in [-0.1, -0.05) is 72.0 Å². The fraction of sp³-hybridized carbons (Fsp3) is 0.130. The number of benzene rings is 2. The van der Waals surface area contributed by atoms with Gasteiger partial charge in [-0.25, -0.2) is 9.37 Å². The fourth-order valence-electron chi connectivity index (χ4n) is 3.10. The molecule has 1 saturated heterocycles. The molecule has 1 aliphatic rings. The molecule has 1 fully saturated rings. The average Bonchev–Trinajstić information content (AvgIpc) is 3.33. The molecular formula is C23H17ClFN3O2S3. The van der Waals surface area contributed by atoms with Crippen LogP contribution >= 0.6 is 46.9 Å². The minimum absolute atomic E-state index is 0.0544. The minimum atomic E-state index is -0.417. The van der Waals surface area contributed by atoms with Crippen LogP contribution in [0.2, 0.25) is 5.02 Å². The Morgan fingerprint density at radius 1 is 1.21 bits per heavy atom. The Morgan fingerprint density at radius 2 is 1.97 bits per heavy atom. The van der Waals surface area contributed by atoms with Crippen LogP contribution in [-0.4, -0.2) is 32.6 Å². The maximum atomic E-state index is 13.9. The lowest BCUT2D eigenvalue weighted by Gasteiger charge is -2.13. The number of halogens is 2. The highest BCUT2D eigenvalue weighted by Gasteiger charge is 2.32. The van der Waals surface area contributed by atoms with Gasteiger partial charge in [0.25, 0.3) is 5.91 Å². The van der Waals surface area contributed by atoms with Crippen LogP contribution in [0.25, 0.3) is 6.08 Å². The Kier molecular flexibility index (Phi) is 7.54. The lowest BCUT2D eigenvalue weighted by Crippen LogP contribution is -2.31. The number of carbonyl (C=O) groups excluding carboxylic acids is 2. The van der Waals surface area contributed by atoms with Gasteiger partial charge in [0.2, 0.25) is 5.91 Å². The molecule has 10 heteroatoms. The number of amides is 2. The van der Waals surface area contributed by atoms with Gasteiger partial charge in [-0.15, -0.1) is 11.3 Å². The van der Waals surface area contributed by atoms with Crippen molar-refractivity contribution >= 4 is 74.3 Å². The van der Waals surface area contributed by atoms with Crippen molar-refractivity contribution in [3.05, 3.63) is 86.5 Å². The summed E-state index contributed by atoms with van der Waals surface area (Å²) in [5, 5.41) is 3.92. The van der Waals surface area contributed by atoms with E-state index in [1.165, 1.54) is 28.4 Å². The number of rotatable bonds is 7. The van der Waals surface area contributed by atoms with E-state index in [0.717, 1.165) is 22.2 Å². The van der Waals surface area contributed by atoms with Crippen LogP contribution in [0.1, 0.15) is 22.4 Å². The lowest BCUT2D eigenvalue weighted by molar-refractivity contribution is -0.122. The van der Waals surface area contributed by atoms with E-state index in [1.807, 2.05) is 24.3 Å². The zero-order valence-electron chi connectivity index (χ0n) is 17.1. The van der Waals surface area contributed by atoms with Crippen LogP contribution in [-0.2, 0) is 16.0 Å². The average molecular weight is 518 g/mol.